The first kappa shape index (κ1) is 25.6. The van der Waals surface area contributed by atoms with Crippen LogP contribution in [0, 0.1) is 0 Å². The van der Waals surface area contributed by atoms with Gasteiger partial charge in [-0.05, 0) is 36.4 Å². The predicted molar refractivity (Wildman–Crippen MR) is 127 cm³/mol. The van der Waals surface area contributed by atoms with E-state index in [4.69, 9.17) is 0 Å². The molecular weight excluding hydrogens is 611 g/mol. The van der Waals surface area contributed by atoms with Gasteiger partial charge in [0.2, 0.25) is 0 Å². The minimum absolute atomic E-state index is 0. The standard InChI is InChI=1S/2C13H11NO2.Pb/c2*15-13(16)11-8-4-5-9-12(11)14-10-6-2-1-3-7-10;/h2*1-9,14H,(H,15,16);/q;;+2/p-2. The SMILES string of the molecule is O=C([O-])c1ccccc1Nc1ccccc1.O=C([O-])c1ccccc1Nc1ccccc1.[Pb+2]. The molecule has 0 unspecified atom stereocenters. The summed E-state index contributed by atoms with van der Waals surface area (Å²) in [5.41, 5.74) is 3.08. The first-order chi connectivity index (χ1) is 15.5. The zero-order valence-corrected chi connectivity index (χ0v) is 21.4. The quantitative estimate of drug-likeness (QED) is 0.317. The van der Waals surface area contributed by atoms with Crippen molar-refractivity contribution in [2.75, 3.05) is 10.6 Å². The molecule has 0 heterocycles. The molecule has 0 bridgehead atoms. The average Bonchev–Trinajstić information content (AvgIpc) is 2.81. The van der Waals surface area contributed by atoms with Crippen LogP contribution in [-0.4, -0.2) is 39.2 Å². The second-order valence-corrected chi connectivity index (χ2v) is 6.65. The molecule has 6 nitrogen and oxygen atoms in total. The molecule has 2 N–H and O–H groups in total. The van der Waals surface area contributed by atoms with E-state index in [9.17, 15) is 19.8 Å². The van der Waals surface area contributed by atoms with Gasteiger partial charge in [-0.1, -0.05) is 72.8 Å². The molecule has 0 atom stereocenters. The fourth-order valence-corrected chi connectivity index (χ4v) is 2.89. The van der Waals surface area contributed by atoms with Crippen LogP contribution < -0.4 is 20.8 Å². The Hall–Kier alpha value is -3.66. The number of rotatable bonds is 6. The fourth-order valence-electron chi connectivity index (χ4n) is 2.89. The van der Waals surface area contributed by atoms with E-state index in [0.29, 0.717) is 11.4 Å². The van der Waals surface area contributed by atoms with Gasteiger partial charge in [-0.3, -0.25) is 0 Å². The van der Waals surface area contributed by atoms with E-state index in [2.05, 4.69) is 10.6 Å². The minimum Gasteiger partial charge on any atom is -0.545 e. The van der Waals surface area contributed by atoms with Crippen LogP contribution in [0.3, 0.4) is 0 Å². The number of nitrogens with one attached hydrogen (secondary N) is 2. The molecule has 0 amide bonds. The molecule has 0 aromatic heterocycles. The van der Waals surface area contributed by atoms with Crippen LogP contribution in [0.15, 0.2) is 109 Å². The maximum atomic E-state index is 10.9. The van der Waals surface area contributed by atoms with Gasteiger partial charge in [0.1, 0.15) is 0 Å². The molecule has 0 saturated heterocycles. The van der Waals surface area contributed by atoms with Gasteiger partial charge in [-0.15, -0.1) is 0 Å². The van der Waals surface area contributed by atoms with Crippen molar-refractivity contribution in [3.63, 3.8) is 0 Å². The molecule has 162 valence electrons. The normalized spacial score (nSPS) is 9.45. The number of carbonyl (C=O) groups excluding carboxylic acids is 2. The van der Waals surface area contributed by atoms with Gasteiger partial charge >= 0.3 is 27.3 Å². The fraction of sp³-hybridized carbons (Fsp3) is 0. The molecule has 33 heavy (non-hydrogen) atoms. The number of anilines is 4. The number of carboxylic acid groups (broad SMARTS) is 2. The molecular formula is C26H20N2O4Pb. The maximum Gasteiger partial charge on any atom is 2.00 e. The van der Waals surface area contributed by atoms with Gasteiger partial charge < -0.3 is 30.4 Å². The van der Waals surface area contributed by atoms with Crippen LogP contribution in [0.5, 0.6) is 0 Å². The van der Waals surface area contributed by atoms with Crippen LogP contribution in [-0.2, 0) is 0 Å². The van der Waals surface area contributed by atoms with E-state index >= 15 is 0 Å². The molecule has 4 aromatic carbocycles. The van der Waals surface area contributed by atoms with Gasteiger partial charge in [0.15, 0.2) is 0 Å². The van der Waals surface area contributed by atoms with Gasteiger partial charge in [0.05, 0.1) is 11.9 Å². The summed E-state index contributed by atoms with van der Waals surface area (Å²) >= 11 is 0. The Bertz CT molecular complexity index is 1090. The number of para-hydroxylation sites is 4. The molecule has 0 aliphatic rings. The Balaban J connectivity index is 0.000000227. The molecule has 4 aromatic rings. The van der Waals surface area contributed by atoms with Crippen LogP contribution in [0.1, 0.15) is 20.7 Å². The number of carboxylic acids is 2. The molecule has 2 radical (unpaired) electrons. The summed E-state index contributed by atoms with van der Waals surface area (Å²) in [6.07, 6.45) is 0. The Morgan fingerprint density at radius 3 is 1.12 bits per heavy atom. The Morgan fingerprint density at radius 1 is 0.485 bits per heavy atom. The van der Waals surface area contributed by atoms with E-state index in [1.807, 2.05) is 60.7 Å². The molecule has 0 saturated carbocycles. The summed E-state index contributed by atoms with van der Waals surface area (Å²) in [6.45, 7) is 0. The number of hydrogen-bond acceptors (Lipinski definition) is 6. The summed E-state index contributed by atoms with van der Waals surface area (Å²) in [7, 11) is 0. The summed E-state index contributed by atoms with van der Waals surface area (Å²) < 4.78 is 0. The van der Waals surface area contributed by atoms with Crippen molar-refractivity contribution >= 4 is 62.0 Å². The van der Waals surface area contributed by atoms with Crippen molar-refractivity contribution in [3.8, 4) is 0 Å². The monoisotopic (exact) mass is 632 g/mol. The molecule has 7 heteroatoms. The van der Waals surface area contributed by atoms with E-state index in [0.717, 1.165) is 11.4 Å². The third kappa shape index (κ3) is 7.76. The smallest absolute Gasteiger partial charge is 0.545 e. The molecule has 4 rings (SSSR count). The largest absolute Gasteiger partial charge is 2.00 e. The minimum atomic E-state index is -1.18. The van der Waals surface area contributed by atoms with Crippen molar-refractivity contribution in [1.29, 1.82) is 0 Å². The first-order valence-corrected chi connectivity index (χ1v) is 9.79. The van der Waals surface area contributed by atoms with Crippen LogP contribution in [0.2, 0.25) is 0 Å². The first-order valence-electron chi connectivity index (χ1n) is 9.79. The number of aromatic carboxylic acids is 2. The van der Waals surface area contributed by atoms with Crippen molar-refractivity contribution < 1.29 is 19.8 Å². The van der Waals surface area contributed by atoms with E-state index in [1.54, 1.807) is 36.4 Å². The third-order valence-electron chi connectivity index (χ3n) is 4.40. The van der Waals surface area contributed by atoms with Gasteiger partial charge in [0.25, 0.3) is 0 Å². The summed E-state index contributed by atoms with van der Waals surface area (Å²) in [6, 6.07) is 32.1. The average molecular weight is 632 g/mol. The van der Waals surface area contributed by atoms with Crippen molar-refractivity contribution in [2.24, 2.45) is 0 Å². The number of benzene rings is 4. The van der Waals surface area contributed by atoms with Gasteiger partial charge in [-0.2, -0.15) is 0 Å². The van der Waals surface area contributed by atoms with E-state index < -0.39 is 11.9 Å². The van der Waals surface area contributed by atoms with Crippen LogP contribution in [0.4, 0.5) is 22.7 Å². The molecule has 0 aliphatic heterocycles. The Morgan fingerprint density at radius 2 is 0.788 bits per heavy atom. The summed E-state index contributed by atoms with van der Waals surface area (Å²) in [4.78, 5) is 21.7. The van der Waals surface area contributed by atoms with E-state index in [-0.39, 0.29) is 38.4 Å². The van der Waals surface area contributed by atoms with Gasteiger partial charge in [0, 0.05) is 33.9 Å². The second-order valence-electron chi connectivity index (χ2n) is 6.65. The summed E-state index contributed by atoms with van der Waals surface area (Å²) in [5, 5.41) is 27.8. The third-order valence-corrected chi connectivity index (χ3v) is 4.40. The summed E-state index contributed by atoms with van der Waals surface area (Å²) in [5.74, 6) is -2.36. The predicted octanol–water partition coefficient (Wildman–Crippen LogP) is 3.21. The van der Waals surface area contributed by atoms with Crippen molar-refractivity contribution in [1.82, 2.24) is 0 Å². The maximum absolute atomic E-state index is 10.9. The van der Waals surface area contributed by atoms with Gasteiger partial charge in [-0.25, -0.2) is 0 Å². The van der Waals surface area contributed by atoms with Crippen LogP contribution in [0.25, 0.3) is 0 Å². The number of hydrogen-bond donors (Lipinski definition) is 2. The Kier molecular flexibility index (Phi) is 10.1. The molecule has 0 fully saturated rings. The second kappa shape index (κ2) is 13.0. The van der Waals surface area contributed by atoms with Crippen LogP contribution >= 0.6 is 0 Å². The van der Waals surface area contributed by atoms with E-state index in [1.165, 1.54) is 12.1 Å². The van der Waals surface area contributed by atoms with Crippen molar-refractivity contribution in [2.45, 2.75) is 0 Å². The number of carbonyl (C=O) groups is 2. The molecule has 0 spiro atoms. The topological polar surface area (TPSA) is 104 Å². The zero-order valence-electron chi connectivity index (χ0n) is 17.5. The van der Waals surface area contributed by atoms with Crippen molar-refractivity contribution in [3.05, 3.63) is 120 Å². The Labute approximate surface area is 212 Å². The molecule has 0 aliphatic carbocycles. The zero-order chi connectivity index (χ0) is 22.8.